The molecule has 5 nitrogen and oxygen atoms in total. The lowest BCUT2D eigenvalue weighted by Crippen LogP contribution is -2.22. The highest BCUT2D eigenvalue weighted by Gasteiger charge is 2.11. The molecule has 0 aliphatic carbocycles. The third-order valence-electron chi connectivity index (χ3n) is 3.64. The molecule has 2 rings (SSSR count). The summed E-state index contributed by atoms with van der Waals surface area (Å²) in [4.78, 5) is 26.0. The highest BCUT2D eigenvalue weighted by atomic mass is 16.5. The first-order valence-electron chi connectivity index (χ1n) is 8.37. The second-order valence-electron chi connectivity index (χ2n) is 5.96. The lowest BCUT2D eigenvalue weighted by Gasteiger charge is -2.12. The molecule has 0 radical (unpaired) electrons. The molecular weight excluding hydrogens is 316 g/mol. The summed E-state index contributed by atoms with van der Waals surface area (Å²) in [5.41, 5.74) is 1.62. The molecule has 0 saturated heterocycles. The molecule has 2 amide bonds. The molecule has 5 heteroatoms. The van der Waals surface area contributed by atoms with Crippen LogP contribution in [0.15, 0.2) is 48.5 Å². The Bertz CT molecular complexity index is 741. The van der Waals surface area contributed by atoms with Crippen molar-refractivity contribution in [2.45, 2.75) is 19.8 Å². The Balaban J connectivity index is 2.08. The SMILES string of the molecule is CCCCOc1cccc(C(=O)Nc2cccc(C(=O)N(C)C)c2)c1. The quantitative estimate of drug-likeness (QED) is 0.780. The summed E-state index contributed by atoms with van der Waals surface area (Å²) in [5.74, 6) is 0.329. The van der Waals surface area contributed by atoms with Crippen LogP contribution in [0.1, 0.15) is 40.5 Å². The van der Waals surface area contributed by atoms with Crippen LogP contribution in [0.4, 0.5) is 5.69 Å². The maximum atomic E-state index is 12.4. The smallest absolute Gasteiger partial charge is 0.255 e. The van der Waals surface area contributed by atoms with Crippen molar-refractivity contribution in [3.8, 4) is 5.75 Å². The molecule has 0 aromatic heterocycles. The number of hydrogen-bond acceptors (Lipinski definition) is 3. The number of unbranched alkanes of at least 4 members (excludes halogenated alkanes) is 1. The Hall–Kier alpha value is -2.82. The first kappa shape index (κ1) is 18.5. The number of amides is 2. The van der Waals surface area contributed by atoms with Crippen LogP contribution in [-0.4, -0.2) is 37.4 Å². The van der Waals surface area contributed by atoms with Crippen molar-refractivity contribution in [2.24, 2.45) is 0 Å². The third kappa shape index (κ3) is 5.35. The maximum Gasteiger partial charge on any atom is 0.255 e. The van der Waals surface area contributed by atoms with Gasteiger partial charge in [-0.05, 0) is 42.8 Å². The van der Waals surface area contributed by atoms with Crippen molar-refractivity contribution in [3.05, 3.63) is 59.7 Å². The predicted molar refractivity (Wildman–Crippen MR) is 99.3 cm³/mol. The van der Waals surface area contributed by atoms with E-state index in [1.165, 1.54) is 4.90 Å². The Kier molecular flexibility index (Phi) is 6.57. The lowest BCUT2D eigenvalue weighted by atomic mass is 10.1. The van der Waals surface area contributed by atoms with E-state index < -0.39 is 0 Å². The van der Waals surface area contributed by atoms with Crippen LogP contribution in [0.25, 0.3) is 0 Å². The van der Waals surface area contributed by atoms with Crippen molar-refractivity contribution in [1.29, 1.82) is 0 Å². The zero-order valence-electron chi connectivity index (χ0n) is 14.9. The number of nitrogens with zero attached hydrogens (tertiary/aromatic N) is 1. The van der Waals surface area contributed by atoms with Crippen molar-refractivity contribution in [3.63, 3.8) is 0 Å². The molecule has 0 atom stereocenters. The molecular formula is C20H24N2O3. The highest BCUT2D eigenvalue weighted by Crippen LogP contribution is 2.17. The second-order valence-corrected chi connectivity index (χ2v) is 5.96. The van der Waals surface area contributed by atoms with Gasteiger partial charge in [0.1, 0.15) is 5.75 Å². The fraction of sp³-hybridized carbons (Fsp3) is 0.300. The van der Waals surface area contributed by atoms with Crippen molar-refractivity contribution < 1.29 is 14.3 Å². The predicted octanol–water partition coefficient (Wildman–Crippen LogP) is 3.82. The number of hydrogen-bond donors (Lipinski definition) is 1. The van der Waals surface area contributed by atoms with E-state index in [0.717, 1.165) is 12.8 Å². The van der Waals surface area contributed by atoms with Gasteiger partial charge in [0.25, 0.3) is 11.8 Å². The Morgan fingerprint density at radius 2 is 1.76 bits per heavy atom. The van der Waals surface area contributed by atoms with E-state index in [1.807, 2.05) is 6.07 Å². The van der Waals surface area contributed by atoms with E-state index in [2.05, 4.69) is 12.2 Å². The summed E-state index contributed by atoms with van der Waals surface area (Å²) in [5, 5.41) is 2.82. The van der Waals surface area contributed by atoms with Crippen LogP contribution in [0.3, 0.4) is 0 Å². The van der Waals surface area contributed by atoms with Gasteiger partial charge >= 0.3 is 0 Å². The molecule has 0 saturated carbocycles. The molecule has 132 valence electrons. The van der Waals surface area contributed by atoms with E-state index in [0.29, 0.717) is 29.2 Å². The molecule has 2 aromatic rings. The van der Waals surface area contributed by atoms with Crippen molar-refractivity contribution >= 4 is 17.5 Å². The number of carbonyl (C=O) groups is 2. The number of rotatable bonds is 7. The average molecular weight is 340 g/mol. The minimum atomic E-state index is -0.240. The van der Waals surface area contributed by atoms with Gasteiger partial charge in [0, 0.05) is 30.9 Å². The van der Waals surface area contributed by atoms with Gasteiger partial charge in [0.05, 0.1) is 6.61 Å². The molecule has 0 bridgehead atoms. The van der Waals surface area contributed by atoms with Crippen molar-refractivity contribution in [1.82, 2.24) is 4.90 Å². The van der Waals surface area contributed by atoms with E-state index in [-0.39, 0.29) is 11.8 Å². The second kappa shape index (κ2) is 8.87. The van der Waals surface area contributed by atoms with E-state index in [4.69, 9.17) is 4.74 Å². The van der Waals surface area contributed by atoms with Gasteiger partial charge in [-0.2, -0.15) is 0 Å². The fourth-order valence-electron chi connectivity index (χ4n) is 2.25. The van der Waals surface area contributed by atoms with Gasteiger partial charge < -0.3 is 15.0 Å². The highest BCUT2D eigenvalue weighted by molar-refractivity contribution is 6.05. The zero-order chi connectivity index (χ0) is 18.2. The van der Waals surface area contributed by atoms with Gasteiger partial charge in [-0.3, -0.25) is 9.59 Å². The molecule has 0 unspecified atom stereocenters. The Labute approximate surface area is 148 Å². The summed E-state index contributed by atoms with van der Waals surface area (Å²) in [7, 11) is 3.38. The molecule has 1 N–H and O–H groups in total. The Morgan fingerprint density at radius 3 is 2.48 bits per heavy atom. The Morgan fingerprint density at radius 1 is 1.04 bits per heavy atom. The van der Waals surface area contributed by atoms with Crippen LogP contribution >= 0.6 is 0 Å². The molecule has 2 aromatic carbocycles. The lowest BCUT2D eigenvalue weighted by molar-refractivity contribution is 0.0827. The molecule has 25 heavy (non-hydrogen) atoms. The van der Waals surface area contributed by atoms with Crippen LogP contribution in [0.5, 0.6) is 5.75 Å². The zero-order valence-corrected chi connectivity index (χ0v) is 14.9. The summed E-state index contributed by atoms with van der Waals surface area (Å²) in [6, 6.07) is 14.0. The van der Waals surface area contributed by atoms with Gasteiger partial charge in [-0.25, -0.2) is 0 Å². The first-order chi connectivity index (χ1) is 12.0. The summed E-state index contributed by atoms with van der Waals surface area (Å²) >= 11 is 0. The molecule has 0 heterocycles. The summed E-state index contributed by atoms with van der Waals surface area (Å²) in [6.07, 6.45) is 2.03. The van der Waals surface area contributed by atoms with Gasteiger partial charge in [-0.1, -0.05) is 25.5 Å². The van der Waals surface area contributed by atoms with Crippen LogP contribution < -0.4 is 10.1 Å². The standard InChI is InChI=1S/C20H24N2O3/c1-4-5-12-25-18-11-7-8-15(14-18)19(23)21-17-10-6-9-16(13-17)20(24)22(2)3/h6-11,13-14H,4-5,12H2,1-3H3,(H,21,23). The van der Waals surface area contributed by atoms with Crippen LogP contribution in [-0.2, 0) is 0 Å². The molecule has 0 aliphatic rings. The van der Waals surface area contributed by atoms with Crippen LogP contribution in [0, 0.1) is 0 Å². The summed E-state index contributed by atoms with van der Waals surface area (Å²) in [6.45, 7) is 2.73. The number of nitrogens with one attached hydrogen (secondary N) is 1. The fourth-order valence-corrected chi connectivity index (χ4v) is 2.25. The minimum Gasteiger partial charge on any atom is -0.494 e. The monoisotopic (exact) mass is 340 g/mol. The number of ether oxygens (including phenoxy) is 1. The van der Waals surface area contributed by atoms with E-state index in [1.54, 1.807) is 56.6 Å². The molecule has 0 fully saturated rings. The molecule has 0 spiro atoms. The van der Waals surface area contributed by atoms with Gasteiger partial charge in [0.2, 0.25) is 0 Å². The largest absolute Gasteiger partial charge is 0.494 e. The van der Waals surface area contributed by atoms with E-state index in [9.17, 15) is 9.59 Å². The van der Waals surface area contributed by atoms with E-state index >= 15 is 0 Å². The van der Waals surface area contributed by atoms with Gasteiger partial charge in [0.15, 0.2) is 0 Å². The van der Waals surface area contributed by atoms with Gasteiger partial charge in [-0.15, -0.1) is 0 Å². The topological polar surface area (TPSA) is 58.6 Å². The van der Waals surface area contributed by atoms with Crippen LogP contribution in [0.2, 0.25) is 0 Å². The average Bonchev–Trinajstić information content (AvgIpc) is 2.61. The van der Waals surface area contributed by atoms with Crippen molar-refractivity contribution in [2.75, 3.05) is 26.0 Å². The first-order valence-corrected chi connectivity index (χ1v) is 8.37. The number of carbonyl (C=O) groups excluding carboxylic acids is 2. The maximum absolute atomic E-state index is 12.4. The number of anilines is 1. The minimum absolute atomic E-state index is 0.109. The third-order valence-corrected chi connectivity index (χ3v) is 3.64. The normalized spacial score (nSPS) is 10.2. The number of benzene rings is 2. The summed E-state index contributed by atoms with van der Waals surface area (Å²) < 4.78 is 5.63. The molecule has 0 aliphatic heterocycles.